The third-order valence-corrected chi connectivity index (χ3v) is 2.25. The van der Waals surface area contributed by atoms with Crippen molar-refractivity contribution in [2.75, 3.05) is 32.9 Å². The Morgan fingerprint density at radius 1 is 1.00 bits per heavy atom. The van der Waals surface area contributed by atoms with Gasteiger partial charge in [0.2, 0.25) is 0 Å². The maximum Gasteiger partial charge on any atom is 0.330 e. The molecule has 0 aliphatic carbocycles. The summed E-state index contributed by atoms with van der Waals surface area (Å²) >= 11 is 0. The normalized spacial score (nSPS) is 11.0. The summed E-state index contributed by atoms with van der Waals surface area (Å²) in [6, 6.07) is -0.400. The average molecular weight is 314 g/mol. The summed E-state index contributed by atoms with van der Waals surface area (Å²) in [6.07, 6.45) is 1.87. The minimum absolute atomic E-state index is 0.0685. The molecule has 2 N–H and O–H groups in total. The van der Waals surface area contributed by atoms with E-state index < -0.39 is 18.0 Å². The van der Waals surface area contributed by atoms with Crippen LogP contribution in [0.25, 0.3) is 0 Å². The number of esters is 2. The Labute approximate surface area is 129 Å². The molecule has 0 aromatic heterocycles. The largest absolute Gasteiger partial charge is 0.461 e. The second-order valence-corrected chi connectivity index (χ2v) is 4.06. The van der Waals surface area contributed by atoms with E-state index in [0.717, 1.165) is 12.2 Å². The van der Waals surface area contributed by atoms with Gasteiger partial charge in [0.1, 0.15) is 13.2 Å². The van der Waals surface area contributed by atoms with E-state index >= 15 is 0 Å². The van der Waals surface area contributed by atoms with Crippen LogP contribution in [0.15, 0.2) is 25.3 Å². The highest BCUT2D eigenvalue weighted by atomic mass is 16.6. The van der Waals surface area contributed by atoms with Gasteiger partial charge in [-0.3, -0.25) is 0 Å². The molecule has 0 saturated heterocycles. The van der Waals surface area contributed by atoms with Crippen molar-refractivity contribution in [2.45, 2.75) is 13.0 Å². The molecule has 8 heteroatoms. The number of ether oxygens (including phenoxy) is 3. The fourth-order valence-corrected chi connectivity index (χ4v) is 1.18. The van der Waals surface area contributed by atoms with Crippen molar-refractivity contribution in [2.24, 2.45) is 0 Å². The van der Waals surface area contributed by atoms with Crippen molar-refractivity contribution in [3.05, 3.63) is 25.3 Å². The number of carbonyl (C=O) groups excluding carboxylic acids is 3. The van der Waals surface area contributed by atoms with Crippen molar-refractivity contribution in [3.8, 4) is 0 Å². The van der Waals surface area contributed by atoms with Crippen LogP contribution in [-0.4, -0.2) is 57.0 Å². The number of hydrogen-bond donors (Lipinski definition) is 2. The van der Waals surface area contributed by atoms with Crippen LogP contribution in [0.2, 0.25) is 0 Å². The maximum atomic E-state index is 11.4. The Morgan fingerprint density at radius 2 is 1.59 bits per heavy atom. The molecule has 0 heterocycles. The third kappa shape index (κ3) is 11.5. The quantitative estimate of drug-likeness (QED) is 0.320. The first-order valence-corrected chi connectivity index (χ1v) is 6.71. The molecule has 0 spiro atoms. The van der Waals surface area contributed by atoms with Crippen molar-refractivity contribution >= 4 is 18.0 Å². The van der Waals surface area contributed by atoms with E-state index in [2.05, 4.69) is 28.5 Å². The van der Waals surface area contributed by atoms with Gasteiger partial charge < -0.3 is 24.8 Å². The fraction of sp³-hybridized carbons (Fsp3) is 0.500. The van der Waals surface area contributed by atoms with E-state index in [9.17, 15) is 14.4 Å². The molecule has 0 aromatic rings. The summed E-state index contributed by atoms with van der Waals surface area (Å²) in [4.78, 5) is 32.9. The zero-order valence-electron chi connectivity index (χ0n) is 12.6. The number of urea groups is 1. The van der Waals surface area contributed by atoms with Gasteiger partial charge in [-0.2, -0.15) is 0 Å². The van der Waals surface area contributed by atoms with Crippen LogP contribution in [-0.2, 0) is 23.8 Å². The minimum atomic E-state index is -0.540. The lowest BCUT2D eigenvalue weighted by atomic mass is 10.4. The van der Waals surface area contributed by atoms with E-state index in [1.807, 2.05) is 0 Å². The molecule has 0 aliphatic rings. The molecule has 1 atom stereocenters. The van der Waals surface area contributed by atoms with Crippen LogP contribution in [0.3, 0.4) is 0 Å². The summed E-state index contributed by atoms with van der Waals surface area (Å²) in [5.41, 5.74) is 0. The minimum Gasteiger partial charge on any atom is -0.461 e. The predicted octanol–water partition coefficient (Wildman–Crippen LogP) is 0.149. The van der Waals surface area contributed by atoms with Crippen molar-refractivity contribution in [3.63, 3.8) is 0 Å². The first-order chi connectivity index (χ1) is 10.5. The molecule has 1 unspecified atom stereocenters. The first-order valence-electron chi connectivity index (χ1n) is 6.71. The van der Waals surface area contributed by atoms with E-state index in [0.29, 0.717) is 0 Å². The van der Waals surface area contributed by atoms with Crippen LogP contribution in [0.1, 0.15) is 6.92 Å². The summed E-state index contributed by atoms with van der Waals surface area (Å²) in [5.74, 6) is -1.05. The van der Waals surface area contributed by atoms with E-state index in [1.165, 1.54) is 0 Å². The van der Waals surface area contributed by atoms with Gasteiger partial charge in [-0.1, -0.05) is 13.2 Å². The van der Waals surface area contributed by atoms with E-state index in [-0.39, 0.29) is 39.0 Å². The fourth-order valence-electron chi connectivity index (χ4n) is 1.18. The van der Waals surface area contributed by atoms with Crippen molar-refractivity contribution < 1.29 is 28.6 Å². The van der Waals surface area contributed by atoms with Gasteiger partial charge in [0.05, 0.1) is 19.3 Å². The molecule has 124 valence electrons. The topological polar surface area (TPSA) is 103 Å². The molecule has 0 bridgehead atoms. The Balaban J connectivity index is 3.55. The third-order valence-electron chi connectivity index (χ3n) is 2.25. The number of rotatable bonds is 11. The molecule has 0 rings (SSSR count). The number of carbonyl (C=O) groups is 3. The zero-order valence-corrected chi connectivity index (χ0v) is 12.6. The summed E-state index contributed by atoms with van der Waals surface area (Å²) in [6.45, 7) is 9.17. The SMILES string of the molecule is C=CC(=O)OCCNC(=O)NCC(C)OCCOC(=O)C=C. The van der Waals surface area contributed by atoms with Crippen molar-refractivity contribution in [1.82, 2.24) is 10.6 Å². The molecule has 0 saturated carbocycles. The molecule has 2 amide bonds. The van der Waals surface area contributed by atoms with Crippen LogP contribution in [0.4, 0.5) is 4.79 Å². The summed E-state index contributed by atoms with van der Waals surface area (Å²) in [7, 11) is 0. The Hall–Kier alpha value is -2.35. The molecule has 0 fully saturated rings. The molecule has 0 radical (unpaired) electrons. The Bertz CT molecular complexity index is 397. The molecular formula is C14H22N2O6. The second kappa shape index (κ2) is 12.4. The van der Waals surface area contributed by atoms with E-state index in [1.54, 1.807) is 6.92 Å². The Morgan fingerprint density at radius 3 is 2.18 bits per heavy atom. The van der Waals surface area contributed by atoms with Gasteiger partial charge in [0, 0.05) is 18.7 Å². The maximum absolute atomic E-state index is 11.4. The number of nitrogens with one attached hydrogen (secondary N) is 2. The van der Waals surface area contributed by atoms with Crippen LogP contribution >= 0.6 is 0 Å². The number of amides is 2. The first kappa shape index (κ1) is 19.7. The molecule has 8 nitrogen and oxygen atoms in total. The van der Waals surface area contributed by atoms with Crippen LogP contribution < -0.4 is 10.6 Å². The van der Waals surface area contributed by atoms with Crippen molar-refractivity contribution in [1.29, 1.82) is 0 Å². The van der Waals surface area contributed by atoms with Crippen LogP contribution in [0.5, 0.6) is 0 Å². The lowest BCUT2D eigenvalue weighted by Gasteiger charge is -2.14. The smallest absolute Gasteiger partial charge is 0.330 e. The highest BCUT2D eigenvalue weighted by Gasteiger charge is 2.06. The highest BCUT2D eigenvalue weighted by Crippen LogP contribution is 1.90. The molecular weight excluding hydrogens is 292 g/mol. The standard InChI is InChI=1S/C14H22N2O6/c1-4-12(17)21-7-6-15-14(19)16-10-11(3)20-8-9-22-13(18)5-2/h4-5,11H,1-2,6-10H2,3H3,(H2,15,16,19). The van der Waals surface area contributed by atoms with Gasteiger partial charge >= 0.3 is 18.0 Å². The van der Waals surface area contributed by atoms with E-state index in [4.69, 9.17) is 9.47 Å². The molecule has 22 heavy (non-hydrogen) atoms. The summed E-state index contributed by atoms with van der Waals surface area (Å²) < 4.78 is 14.7. The lowest BCUT2D eigenvalue weighted by molar-refractivity contribution is -0.140. The second-order valence-electron chi connectivity index (χ2n) is 4.06. The predicted molar refractivity (Wildman–Crippen MR) is 79.1 cm³/mol. The highest BCUT2D eigenvalue weighted by molar-refractivity contribution is 5.81. The monoisotopic (exact) mass is 314 g/mol. The van der Waals surface area contributed by atoms with Gasteiger partial charge in [0.15, 0.2) is 0 Å². The lowest BCUT2D eigenvalue weighted by Crippen LogP contribution is -2.41. The van der Waals surface area contributed by atoms with Gasteiger partial charge in [-0.25, -0.2) is 14.4 Å². The molecule has 0 aliphatic heterocycles. The Kier molecular flexibility index (Phi) is 11.1. The van der Waals surface area contributed by atoms with Gasteiger partial charge in [-0.15, -0.1) is 0 Å². The molecule has 0 aromatic carbocycles. The average Bonchev–Trinajstić information content (AvgIpc) is 2.52. The van der Waals surface area contributed by atoms with Crippen LogP contribution in [0, 0.1) is 0 Å². The van der Waals surface area contributed by atoms with Gasteiger partial charge in [0.25, 0.3) is 0 Å². The van der Waals surface area contributed by atoms with Gasteiger partial charge in [-0.05, 0) is 6.92 Å². The summed E-state index contributed by atoms with van der Waals surface area (Å²) in [5, 5.41) is 5.10. The number of hydrogen-bond acceptors (Lipinski definition) is 6. The zero-order chi connectivity index (χ0) is 16.8.